The molecule has 0 bridgehead atoms. The second kappa shape index (κ2) is 41.1. The van der Waals surface area contributed by atoms with Crippen LogP contribution < -0.4 is 5.32 Å². The Morgan fingerprint density at radius 3 is 0.662 bits per heavy atom. The van der Waals surface area contributed by atoms with Crippen molar-refractivity contribution in [2.75, 3.05) is 14.2 Å². The molecular formula is C98H61BrF16N4O14. The number of ether oxygens (including phenoxy) is 2. The molecule has 0 unspecified atom stereocenters. The highest BCUT2D eigenvalue weighted by Gasteiger charge is 2.46. The Bertz CT molecular complexity index is 6670. The number of alkyl halides is 1. The van der Waals surface area contributed by atoms with E-state index in [0.29, 0.717) is 70.8 Å². The SMILES string of the molecule is COC(=O)c1ccc(CBr)cc1.COC(=O)c1ccc(CN2C(=O)C(c3ccc(F)cc3F)=C(c3ccc(F)cc3F)C2=O)cc1.Cc1ccc(CN2C(=O)C(c3ccc(F)cc3F)=C(c3ccc(F)cc3F)C2=O)cc1.O=C(O)c1ccc(CN2C(=O)C(c3ccc(F)cc3F)=C(c3ccc(F)cc3F)C2=O)cc1.O=C1NC(=O)C(c2ccc(F)cc2F)=C1c1ccc(F)cc1F.[2HH]. The standard InChI is InChI=1S/C25H15F4NO4.C24H13F4NO4.C24H15F4NO2.C16H7F4NO2.C9H9BrO2.H2/c1-34-25(33)14-4-2-13(3-5-14)12-30-23(31)21(17-8-6-15(26)10-19(17)28)22(24(30)32)18-9-7-16(27)11-20(18)29;25-14-5-7-16(18(27)9-14)20-21(17-8-6-15(26)10-19(17)28)23(31)29(22(20)30)11-12-1-3-13(4-2-12)24(32)33;1-13-2-4-14(5-3-13)12-29-23(30)21(17-8-6-15(25)10-19(17)27)22(24(29)31)18-9-7-16(26)11-20(18)28;17-7-1-3-9(11(19)5-7)13-14(16(23)21-15(13)22)10-4-2-8(18)6-12(10)20;1-12-9(11)8-4-2-7(6-10)3-5-8;/h2-11H,12H2,1H3;1-10H,11H2,(H,32,33);2-11H,12H2,1H3;1-6H,(H,21,22,23);2-5H,6H2,1H3;1H/i;;;;;1+1. The minimum atomic E-state index is -1.17. The predicted molar refractivity (Wildman–Crippen MR) is 453 cm³/mol. The Balaban J connectivity index is 0.000000166. The van der Waals surface area contributed by atoms with Crippen LogP contribution >= 0.6 is 15.9 Å². The van der Waals surface area contributed by atoms with Crippen molar-refractivity contribution in [3.8, 4) is 0 Å². The molecule has 16 rings (SSSR count). The van der Waals surface area contributed by atoms with Gasteiger partial charge in [-0.25, -0.2) is 84.6 Å². The van der Waals surface area contributed by atoms with Gasteiger partial charge in [0.15, 0.2) is 0 Å². The van der Waals surface area contributed by atoms with Crippen LogP contribution in [0.15, 0.2) is 243 Å². The predicted octanol–water partition coefficient (Wildman–Crippen LogP) is 19.4. The maximum atomic E-state index is 14.6. The lowest BCUT2D eigenvalue weighted by Crippen LogP contribution is -2.31. The van der Waals surface area contributed by atoms with Gasteiger partial charge < -0.3 is 14.6 Å². The molecule has 0 aromatic heterocycles. The average Bonchev–Trinajstić information content (AvgIpc) is 1.61. The van der Waals surface area contributed by atoms with Gasteiger partial charge in [-0.3, -0.25) is 58.4 Å². The zero-order valence-electron chi connectivity index (χ0n) is 68.4. The van der Waals surface area contributed by atoms with E-state index >= 15 is 0 Å². The number of carbonyl (C=O) groups excluding carboxylic acids is 10. The van der Waals surface area contributed by atoms with Gasteiger partial charge in [0, 0.05) is 99.8 Å². The fourth-order valence-electron chi connectivity index (χ4n) is 13.9. The Labute approximate surface area is 751 Å². The lowest BCUT2D eigenvalue weighted by atomic mass is 9.95. The van der Waals surface area contributed by atoms with E-state index in [1.54, 1.807) is 36.4 Å². The second-order valence-electron chi connectivity index (χ2n) is 28.9. The lowest BCUT2D eigenvalue weighted by Gasteiger charge is -2.16. The van der Waals surface area contributed by atoms with Crippen LogP contribution in [0.4, 0.5) is 70.2 Å². The summed E-state index contributed by atoms with van der Waals surface area (Å²) in [5.41, 5.74) is -2.26. The van der Waals surface area contributed by atoms with Crippen molar-refractivity contribution in [1.82, 2.24) is 20.0 Å². The molecule has 4 aliphatic heterocycles. The van der Waals surface area contributed by atoms with Crippen LogP contribution in [0.1, 0.15) is 105 Å². The van der Waals surface area contributed by atoms with Gasteiger partial charge in [0.05, 0.1) is 95.1 Å². The Morgan fingerprint density at radius 2 is 0.474 bits per heavy atom. The van der Waals surface area contributed by atoms with Gasteiger partial charge in [-0.1, -0.05) is 82.2 Å². The number of carboxylic acid groups (broad SMARTS) is 1. The van der Waals surface area contributed by atoms with E-state index in [1.807, 2.05) is 24.4 Å². The number of methoxy groups -OCH3 is 2. The monoisotopic (exact) mass is 1900 g/mol. The molecule has 0 radical (unpaired) electrons. The summed E-state index contributed by atoms with van der Waals surface area (Å²) in [5, 5.41) is 11.7. The van der Waals surface area contributed by atoms with E-state index in [4.69, 9.17) is 5.11 Å². The molecule has 133 heavy (non-hydrogen) atoms. The fourth-order valence-corrected chi connectivity index (χ4v) is 14.2. The van der Waals surface area contributed by atoms with Gasteiger partial charge in [-0.05, 0) is 163 Å². The van der Waals surface area contributed by atoms with Crippen molar-refractivity contribution < 1.29 is 139 Å². The highest BCUT2D eigenvalue weighted by molar-refractivity contribution is 9.08. The second-order valence-corrected chi connectivity index (χ2v) is 29.4. The number of carbonyl (C=O) groups is 11. The van der Waals surface area contributed by atoms with Gasteiger partial charge >= 0.3 is 17.9 Å². The largest absolute Gasteiger partial charge is 0.478 e. The average molecular weight is 1900 g/mol. The molecule has 0 aliphatic carbocycles. The number of aryl methyl sites for hydroxylation is 1. The van der Waals surface area contributed by atoms with Crippen LogP contribution in [-0.4, -0.2) is 99.2 Å². The van der Waals surface area contributed by atoms with Crippen LogP contribution in [0.2, 0.25) is 0 Å². The number of nitrogens with one attached hydrogen (secondary N) is 1. The Kier molecular flexibility index (Phi) is 29.7. The summed E-state index contributed by atoms with van der Waals surface area (Å²) in [5.74, 6) is -25.4. The Morgan fingerprint density at radius 1 is 0.286 bits per heavy atom. The van der Waals surface area contributed by atoms with Crippen LogP contribution in [-0.2, 0) is 72.8 Å². The third kappa shape index (κ3) is 21.3. The molecule has 12 aromatic rings. The number of rotatable bonds is 18. The van der Waals surface area contributed by atoms with E-state index in [0.717, 1.165) is 128 Å². The van der Waals surface area contributed by atoms with Gasteiger partial charge in [-0.2, -0.15) is 0 Å². The molecule has 0 saturated carbocycles. The first kappa shape index (κ1) is 96.0. The third-order valence-corrected chi connectivity index (χ3v) is 20.9. The maximum absolute atomic E-state index is 14.6. The quantitative estimate of drug-likeness (QED) is 0.0351. The van der Waals surface area contributed by atoms with E-state index in [-0.39, 0.29) is 60.4 Å². The van der Waals surface area contributed by atoms with Crippen molar-refractivity contribution in [1.29, 1.82) is 0 Å². The summed E-state index contributed by atoms with van der Waals surface area (Å²) in [6.45, 7) is 1.15. The van der Waals surface area contributed by atoms with Gasteiger partial charge in [-0.15, -0.1) is 0 Å². The number of benzene rings is 12. The highest BCUT2D eigenvalue weighted by atomic mass is 79.9. The van der Waals surface area contributed by atoms with Gasteiger partial charge in [0.25, 0.3) is 47.3 Å². The molecule has 676 valence electrons. The van der Waals surface area contributed by atoms with Crippen LogP contribution in [0.5, 0.6) is 0 Å². The molecule has 4 aliphatic rings. The molecule has 0 atom stereocenters. The summed E-state index contributed by atoms with van der Waals surface area (Å²) in [7, 11) is 2.59. The topological polar surface area (TPSA) is 248 Å². The first-order valence-corrected chi connectivity index (χ1v) is 39.8. The number of halogens is 17. The minimum Gasteiger partial charge on any atom is -0.478 e. The van der Waals surface area contributed by atoms with E-state index in [1.165, 1.54) is 62.8 Å². The fraction of sp³-hybridized carbons (Fsp3) is 0.0714. The normalized spacial score (nSPS) is 13.5. The van der Waals surface area contributed by atoms with Gasteiger partial charge in [0.2, 0.25) is 0 Å². The zero-order valence-corrected chi connectivity index (χ0v) is 70.0. The van der Waals surface area contributed by atoms with Crippen molar-refractivity contribution in [2.45, 2.75) is 31.9 Å². The maximum Gasteiger partial charge on any atom is 0.337 e. The molecular weight excluding hydrogens is 1840 g/mol. The molecule has 12 aromatic carbocycles. The van der Waals surface area contributed by atoms with Crippen molar-refractivity contribution in [3.05, 3.63) is 425 Å². The molecule has 0 spiro atoms. The van der Waals surface area contributed by atoms with Crippen LogP contribution in [0, 0.1) is 100.0 Å². The van der Waals surface area contributed by atoms with E-state index in [2.05, 4.69) is 25.4 Å². The number of esters is 2. The van der Waals surface area contributed by atoms with E-state index < -0.39 is 219 Å². The Hall–Kier alpha value is -16.1. The molecule has 2 N–H and O–H groups in total. The number of nitrogens with zero attached hydrogens (tertiary/aromatic N) is 3. The molecule has 35 heteroatoms. The summed E-state index contributed by atoms with van der Waals surface area (Å²) < 4.78 is 231. The summed E-state index contributed by atoms with van der Waals surface area (Å²) in [6.07, 6.45) is 0. The summed E-state index contributed by atoms with van der Waals surface area (Å²) >= 11 is 3.32. The zero-order chi connectivity index (χ0) is 96.4. The number of aromatic carboxylic acids is 1. The minimum absolute atomic E-state index is 0. The van der Waals surface area contributed by atoms with Crippen molar-refractivity contribution in [3.63, 3.8) is 0 Å². The van der Waals surface area contributed by atoms with Crippen molar-refractivity contribution >= 4 is 126 Å². The molecule has 8 amide bonds. The van der Waals surface area contributed by atoms with E-state index in [9.17, 15) is 123 Å². The van der Waals surface area contributed by atoms with Crippen LogP contribution in [0.3, 0.4) is 0 Å². The molecule has 18 nitrogen and oxygen atoms in total. The number of hydrogen-bond donors (Lipinski definition) is 2. The van der Waals surface area contributed by atoms with Gasteiger partial charge in [0.1, 0.15) is 93.1 Å². The summed E-state index contributed by atoms with van der Waals surface area (Å²) in [6, 6.07) is 44.9. The third-order valence-electron chi connectivity index (χ3n) is 20.3. The number of imide groups is 4. The van der Waals surface area contributed by atoms with Crippen molar-refractivity contribution in [2.24, 2.45) is 0 Å². The first-order valence-electron chi connectivity index (χ1n) is 38.6. The number of hydrogen-bond acceptors (Lipinski definition) is 13. The molecule has 0 fully saturated rings. The summed E-state index contributed by atoms with van der Waals surface area (Å²) in [4.78, 5) is 139. The van der Waals surface area contributed by atoms with Crippen LogP contribution in [0.25, 0.3) is 44.6 Å². The number of carboxylic acids is 1. The number of amides is 8. The molecule has 0 saturated heterocycles. The highest BCUT2D eigenvalue weighted by Crippen LogP contribution is 2.44. The lowest BCUT2D eigenvalue weighted by molar-refractivity contribution is -0.138. The first-order chi connectivity index (χ1) is 63.3. The smallest absolute Gasteiger partial charge is 0.337 e. The molecule has 4 heterocycles.